The molecule has 0 unspecified atom stereocenters. The number of benzene rings is 1. The van der Waals surface area contributed by atoms with Crippen LogP contribution in [0.1, 0.15) is 17.3 Å². The number of ether oxygens (including phenoxy) is 1. The van der Waals surface area contributed by atoms with Crippen LogP contribution in [0.5, 0.6) is 0 Å². The molecule has 2 rings (SSSR count). The van der Waals surface area contributed by atoms with Crippen LogP contribution < -0.4 is 4.72 Å². The summed E-state index contributed by atoms with van der Waals surface area (Å²) in [6.45, 7) is 1.87. The predicted molar refractivity (Wildman–Crippen MR) is 82.5 cm³/mol. The summed E-state index contributed by atoms with van der Waals surface area (Å²) >= 11 is 5.64. The minimum atomic E-state index is -3.88. The molecular weight excluding hydrogens is 328 g/mol. The number of halogens is 1. The fourth-order valence-electron chi connectivity index (χ4n) is 1.68. The number of rotatable bonds is 5. The summed E-state index contributed by atoms with van der Waals surface area (Å²) in [5.74, 6) is -0.602. The van der Waals surface area contributed by atoms with Gasteiger partial charge in [-0.2, -0.15) is 0 Å². The number of pyridine rings is 1. The van der Waals surface area contributed by atoms with Crippen molar-refractivity contribution < 1.29 is 17.9 Å². The van der Waals surface area contributed by atoms with E-state index in [1.54, 1.807) is 19.1 Å². The van der Waals surface area contributed by atoms with Gasteiger partial charge in [0.25, 0.3) is 10.0 Å². The molecular formula is C14H13ClN2O4S. The highest BCUT2D eigenvalue weighted by atomic mass is 35.5. The third-order valence-corrected chi connectivity index (χ3v) is 4.25. The van der Waals surface area contributed by atoms with Crippen molar-refractivity contribution in [3.05, 3.63) is 53.3 Å². The van der Waals surface area contributed by atoms with E-state index < -0.39 is 16.0 Å². The molecule has 1 aromatic heterocycles. The maximum Gasteiger partial charge on any atom is 0.340 e. The number of sulfonamides is 1. The first-order valence-electron chi connectivity index (χ1n) is 6.34. The lowest BCUT2D eigenvalue weighted by Crippen LogP contribution is -2.16. The standard InChI is InChI=1S/C14H13ClN2O4S/c1-2-21-14(18)11-5-3-4-6-12(11)17-22(19,20)10-7-8-13(15)16-9-10/h3-9,17H,2H2,1H3. The molecule has 6 nitrogen and oxygen atoms in total. The van der Waals surface area contributed by atoms with Gasteiger partial charge in [0.05, 0.1) is 17.9 Å². The van der Waals surface area contributed by atoms with Crippen molar-refractivity contribution in [1.29, 1.82) is 0 Å². The Morgan fingerprint density at radius 2 is 2.00 bits per heavy atom. The second kappa shape index (κ2) is 6.76. The molecule has 0 fully saturated rings. The Labute approximate surface area is 133 Å². The first-order chi connectivity index (χ1) is 10.4. The van der Waals surface area contributed by atoms with E-state index in [9.17, 15) is 13.2 Å². The van der Waals surface area contributed by atoms with Gasteiger partial charge >= 0.3 is 5.97 Å². The number of carbonyl (C=O) groups is 1. The van der Waals surface area contributed by atoms with Gasteiger partial charge in [-0.3, -0.25) is 4.72 Å². The molecule has 0 radical (unpaired) electrons. The Kier molecular flexibility index (Phi) is 4.99. The molecule has 2 aromatic rings. The maximum absolute atomic E-state index is 12.3. The monoisotopic (exact) mass is 340 g/mol. The molecule has 0 atom stereocenters. The molecule has 0 saturated carbocycles. The van der Waals surface area contributed by atoms with E-state index in [1.165, 1.54) is 24.3 Å². The summed E-state index contributed by atoms with van der Waals surface area (Å²) in [6.07, 6.45) is 1.14. The van der Waals surface area contributed by atoms with Gasteiger partial charge in [0.1, 0.15) is 10.0 Å². The summed E-state index contributed by atoms with van der Waals surface area (Å²) in [5, 5.41) is 0.186. The van der Waals surface area contributed by atoms with Gasteiger partial charge in [-0.1, -0.05) is 23.7 Å². The average molecular weight is 341 g/mol. The SMILES string of the molecule is CCOC(=O)c1ccccc1NS(=O)(=O)c1ccc(Cl)nc1. The van der Waals surface area contributed by atoms with Gasteiger partial charge in [0.15, 0.2) is 0 Å². The van der Waals surface area contributed by atoms with Crippen molar-refractivity contribution in [2.24, 2.45) is 0 Å². The Bertz CT molecular complexity index is 776. The largest absolute Gasteiger partial charge is 0.462 e. The first-order valence-corrected chi connectivity index (χ1v) is 8.20. The Morgan fingerprint density at radius 1 is 1.27 bits per heavy atom. The lowest BCUT2D eigenvalue weighted by Gasteiger charge is -2.11. The molecule has 1 N–H and O–H groups in total. The molecule has 8 heteroatoms. The summed E-state index contributed by atoms with van der Waals surface area (Å²) in [6, 6.07) is 8.88. The number of hydrogen-bond donors (Lipinski definition) is 1. The third kappa shape index (κ3) is 3.75. The number of carbonyl (C=O) groups excluding carboxylic acids is 1. The van der Waals surface area contributed by atoms with Gasteiger partial charge in [-0.05, 0) is 31.2 Å². The van der Waals surface area contributed by atoms with E-state index in [2.05, 4.69) is 9.71 Å². The van der Waals surface area contributed by atoms with Crippen LogP contribution >= 0.6 is 11.6 Å². The predicted octanol–water partition coefficient (Wildman–Crippen LogP) is 2.71. The molecule has 22 heavy (non-hydrogen) atoms. The topological polar surface area (TPSA) is 85.4 Å². The minimum Gasteiger partial charge on any atom is -0.462 e. The zero-order valence-electron chi connectivity index (χ0n) is 11.6. The molecule has 0 amide bonds. The van der Waals surface area contributed by atoms with Gasteiger partial charge in [0.2, 0.25) is 0 Å². The quantitative estimate of drug-likeness (QED) is 0.668. The Morgan fingerprint density at radius 3 is 2.64 bits per heavy atom. The summed E-state index contributed by atoms with van der Waals surface area (Å²) in [5.41, 5.74) is 0.269. The average Bonchev–Trinajstić information content (AvgIpc) is 2.48. The fraction of sp³-hybridized carbons (Fsp3) is 0.143. The van der Waals surface area contributed by atoms with Crippen molar-refractivity contribution in [3.8, 4) is 0 Å². The van der Waals surface area contributed by atoms with Crippen molar-refractivity contribution in [2.45, 2.75) is 11.8 Å². The zero-order chi connectivity index (χ0) is 16.2. The smallest absolute Gasteiger partial charge is 0.340 e. The number of para-hydroxylation sites is 1. The number of nitrogens with one attached hydrogen (secondary N) is 1. The summed E-state index contributed by atoms with van der Waals surface area (Å²) in [4.78, 5) is 15.5. The molecule has 116 valence electrons. The number of nitrogens with zero attached hydrogens (tertiary/aromatic N) is 1. The van der Waals surface area contributed by atoms with Gasteiger partial charge in [0, 0.05) is 6.20 Å². The maximum atomic E-state index is 12.3. The molecule has 0 aliphatic carbocycles. The normalized spacial score (nSPS) is 11.0. The lowest BCUT2D eigenvalue weighted by molar-refractivity contribution is 0.0527. The number of hydrogen-bond acceptors (Lipinski definition) is 5. The highest BCUT2D eigenvalue weighted by Crippen LogP contribution is 2.21. The van der Waals surface area contributed by atoms with Crippen molar-refractivity contribution in [2.75, 3.05) is 11.3 Å². The molecule has 1 aromatic carbocycles. The van der Waals surface area contributed by atoms with Crippen LogP contribution in [0.2, 0.25) is 5.15 Å². The van der Waals surface area contributed by atoms with Crippen LogP contribution in [0.4, 0.5) is 5.69 Å². The molecule has 1 heterocycles. The number of esters is 1. The molecule has 0 bridgehead atoms. The summed E-state index contributed by atoms with van der Waals surface area (Å²) in [7, 11) is -3.88. The molecule has 0 aliphatic heterocycles. The summed E-state index contributed by atoms with van der Waals surface area (Å²) < 4.78 is 31.8. The molecule has 0 spiro atoms. The second-order valence-electron chi connectivity index (χ2n) is 4.19. The fourth-order valence-corrected chi connectivity index (χ4v) is 2.82. The van der Waals surface area contributed by atoms with E-state index in [1.807, 2.05) is 0 Å². The zero-order valence-corrected chi connectivity index (χ0v) is 13.2. The van der Waals surface area contributed by atoms with E-state index in [0.717, 1.165) is 6.20 Å². The van der Waals surface area contributed by atoms with Crippen LogP contribution in [-0.4, -0.2) is 26.0 Å². The van der Waals surface area contributed by atoms with E-state index >= 15 is 0 Å². The molecule has 0 aliphatic rings. The van der Waals surface area contributed by atoms with E-state index in [-0.39, 0.29) is 27.9 Å². The van der Waals surface area contributed by atoms with Crippen LogP contribution in [-0.2, 0) is 14.8 Å². The highest BCUT2D eigenvalue weighted by Gasteiger charge is 2.19. The van der Waals surface area contributed by atoms with Gasteiger partial charge in [-0.15, -0.1) is 0 Å². The van der Waals surface area contributed by atoms with Crippen molar-refractivity contribution >= 4 is 33.3 Å². The third-order valence-electron chi connectivity index (χ3n) is 2.68. The highest BCUT2D eigenvalue weighted by molar-refractivity contribution is 7.92. The van der Waals surface area contributed by atoms with Crippen molar-refractivity contribution in [1.82, 2.24) is 4.98 Å². The number of anilines is 1. The Hall–Kier alpha value is -2.12. The van der Waals surface area contributed by atoms with Crippen LogP contribution in [0.3, 0.4) is 0 Å². The van der Waals surface area contributed by atoms with Gasteiger partial charge in [-0.25, -0.2) is 18.2 Å². The Balaban J connectivity index is 2.34. The van der Waals surface area contributed by atoms with Crippen LogP contribution in [0.15, 0.2) is 47.5 Å². The van der Waals surface area contributed by atoms with E-state index in [0.29, 0.717) is 0 Å². The second-order valence-corrected chi connectivity index (χ2v) is 6.26. The van der Waals surface area contributed by atoms with E-state index in [4.69, 9.17) is 16.3 Å². The van der Waals surface area contributed by atoms with Crippen LogP contribution in [0, 0.1) is 0 Å². The first kappa shape index (κ1) is 16.3. The minimum absolute atomic E-state index is 0.0597. The number of aromatic nitrogens is 1. The lowest BCUT2D eigenvalue weighted by atomic mass is 10.2. The molecule has 0 saturated heterocycles. The van der Waals surface area contributed by atoms with Crippen LogP contribution in [0.25, 0.3) is 0 Å². The van der Waals surface area contributed by atoms with Crippen molar-refractivity contribution in [3.63, 3.8) is 0 Å². The van der Waals surface area contributed by atoms with Gasteiger partial charge < -0.3 is 4.74 Å².